The molecule has 0 radical (unpaired) electrons. The molecule has 5 heteroatoms. The second kappa shape index (κ2) is 4.28. The first kappa shape index (κ1) is 12.1. The van der Waals surface area contributed by atoms with E-state index in [1.54, 1.807) is 0 Å². The third-order valence-electron chi connectivity index (χ3n) is 3.52. The van der Waals surface area contributed by atoms with Crippen molar-refractivity contribution in [2.24, 2.45) is 0 Å². The number of anilines is 1. The molecule has 1 atom stereocenters. The summed E-state index contributed by atoms with van der Waals surface area (Å²) in [5, 5.41) is 5.03. The average molecular weight is 327 g/mol. The molecule has 0 aliphatic heterocycles. The van der Waals surface area contributed by atoms with Gasteiger partial charge in [-0.15, -0.1) is 0 Å². The molecule has 3 rings (SSSR count). The van der Waals surface area contributed by atoms with Crippen LogP contribution in [0.25, 0.3) is 0 Å². The number of aryl methyl sites for hydroxylation is 1. The number of hydrogen-bond acceptors (Lipinski definition) is 2. The number of fused-ring (bicyclic) bond motifs is 1. The van der Waals surface area contributed by atoms with E-state index in [4.69, 9.17) is 17.3 Å². The summed E-state index contributed by atoms with van der Waals surface area (Å²) in [6, 6.07) is 6.47. The molecule has 1 heterocycles. The number of nitrogen functional groups attached to an aromatic ring is 1. The number of hydrogen-bond donors (Lipinski definition) is 1. The lowest BCUT2D eigenvalue weighted by atomic mass is 10.1. The number of halogens is 2. The Bertz CT molecular complexity index is 621. The molecule has 0 fully saturated rings. The highest BCUT2D eigenvalue weighted by Crippen LogP contribution is 2.40. The highest BCUT2D eigenvalue weighted by Gasteiger charge is 2.28. The van der Waals surface area contributed by atoms with Crippen molar-refractivity contribution in [3.05, 3.63) is 44.5 Å². The minimum atomic E-state index is 0.198. The molecule has 2 aromatic rings. The van der Waals surface area contributed by atoms with Gasteiger partial charge in [-0.2, -0.15) is 5.10 Å². The molecule has 1 aliphatic carbocycles. The quantitative estimate of drug-likeness (QED) is 0.868. The van der Waals surface area contributed by atoms with Gasteiger partial charge in [0.15, 0.2) is 0 Å². The van der Waals surface area contributed by atoms with Gasteiger partial charge in [-0.1, -0.05) is 39.7 Å². The molecule has 1 aromatic carbocycles. The number of nitrogens with zero attached hydrogens (tertiary/aromatic N) is 2. The summed E-state index contributed by atoms with van der Waals surface area (Å²) >= 11 is 9.72. The van der Waals surface area contributed by atoms with E-state index in [1.165, 1.54) is 11.1 Å². The SMILES string of the molecule is Cc1nn(C2CCc3c(Br)cccc32)c(N)c1Cl. The summed E-state index contributed by atoms with van der Waals surface area (Å²) in [6.45, 7) is 1.88. The van der Waals surface area contributed by atoms with Gasteiger partial charge in [0.2, 0.25) is 0 Å². The Hall–Kier alpha value is -1.00. The Kier molecular flexibility index (Phi) is 2.87. The van der Waals surface area contributed by atoms with Crippen molar-refractivity contribution >= 4 is 33.3 Å². The predicted molar refractivity (Wildman–Crippen MR) is 77.0 cm³/mol. The van der Waals surface area contributed by atoms with Crippen LogP contribution in [0.1, 0.15) is 29.3 Å². The standard InChI is InChI=1S/C13H13BrClN3/c1-7-12(15)13(16)18(17-7)11-6-5-8-9(11)3-2-4-10(8)14/h2-4,11H,5-6,16H2,1H3. The van der Waals surface area contributed by atoms with Crippen molar-refractivity contribution < 1.29 is 0 Å². The Morgan fingerprint density at radius 1 is 1.50 bits per heavy atom. The zero-order valence-corrected chi connectivity index (χ0v) is 12.3. The summed E-state index contributed by atoms with van der Waals surface area (Å²) in [6.07, 6.45) is 2.05. The molecule has 2 N–H and O–H groups in total. The summed E-state index contributed by atoms with van der Waals surface area (Å²) in [7, 11) is 0. The molecule has 1 aromatic heterocycles. The van der Waals surface area contributed by atoms with Crippen LogP contribution in [0.2, 0.25) is 5.02 Å². The van der Waals surface area contributed by atoms with Gasteiger partial charge in [-0.05, 0) is 37.0 Å². The van der Waals surface area contributed by atoms with Gasteiger partial charge in [0, 0.05) is 4.47 Å². The fourth-order valence-corrected chi connectivity index (χ4v) is 3.33. The summed E-state index contributed by atoms with van der Waals surface area (Å²) in [4.78, 5) is 0. The van der Waals surface area contributed by atoms with E-state index in [1.807, 2.05) is 11.6 Å². The van der Waals surface area contributed by atoms with Crippen LogP contribution in [0.4, 0.5) is 5.82 Å². The number of aromatic nitrogens is 2. The van der Waals surface area contributed by atoms with Gasteiger partial charge in [-0.25, -0.2) is 4.68 Å². The maximum Gasteiger partial charge on any atom is 0.141 e. The van der Waals surface area contributed by atoms with Gasteiger partial charge in [-0.3, -0.25) is 0 Å². The van der Waals surface area contributed by atoms with E-state index in [0.29, 0.717) is 10.8 Å². The van der Waals surface area contributed by atoms with E-state index in [2.05, 4.69) is 39.2 Å². The Morgan fingerprint density at radius 2 is 2.28 bits per heavy atom. The zero-order chi connectivity index (χ0) is 12.9. The van der Waals surface area contributed by atoms with E-state index in [-0.39, 0.29) is 6.04 Å². The van der Waals surface area contributed by atoms with Crippen LogP contribution in [-0.4, -0.2) is 9.78 Å². The third-order valence-corrected chi connectivity index (χ3v) is 4.73. The van der Waals surface area contributed by atoms with Gasteiger partial charge in [0.1, 0.15) is 10.8 Å². The molecule has 0 saturated heterocycles. The topological polar surface area (TPSA) is 43.8 Å². The van der Waals surface area contributed by atoms with Crippen molar-refractivity contribution in [2.75, 3.05) is 5.73 Å². The Morgan fingerprint density at radius 3 is 2.94 bits per heavy atom. The number of nitrogens with two attached hydrogens (primary N) is 1. The lowest BCUT2D eigenvalue weighted by Gasteiger charge is -2.14. The Labute approximate surface area is 119 Å². The first-order valence-corrected chi connectivity index (χ1v) is 7.04. The summed E-state index contributed by atoms with van der Waals surface area (Å²) < 4.78 is 3.02. The fourth-order valence-electron chi connectivity index (χ4n) is 2.62. The van der Waals surface area contributed by atoms with Gasteiger partial charge in [0.25, 0.3) is 0 Å². The van der Waals surface area contributed by atoms with Crippen molar-refractivity contribution in [3.63, 3.8) is 0 Å². The lowest BCUT2D eigenvalue weighted by Crippen LogP contribution is -2.12. The van der Waals surface area contributed by atoms with Gasteiger partial charge < -0.3 is 5.73 Å². The number of rotatable bonds is 1. The molecule has 1 unspecified atom stereocenters. The second-order valence-corrected chi connectivity index (χ2v) is 5.82. The number of benzene rings is 1. The fraction of sp³-hybridized carbons (Fsp3) is 0.308. The summed E-state index contributed by atoms with van der Waals surface area (Å²) in [5.41, 5.74) is 9.46. The monoisotopic (exact) mass is 325 g/mol. The molecular weight excluding hydrogens is 314 g/mol. The van der Waals surface area contributed by atoms with Gasteiger partial charge in [0.05, 0.1) is 11.7 Å². The van der Waals surface area contributed by atoms with E-state index in [0.717, 1.165) is 23.0 Å². The molecule has 0 saturated carbocycles. The molecule has 0 amide bonds. The molecular formula is C13H13BrClN3. The van der Waals surface area contributed by atoms with Crippen LogP contribution < -0.4 is 5.73 Å². The summed E-state index contributed by atoms with van der Waals surface area (Å²) in [5.74, 6) is 0.562. The van der Waals surface area contributed by atoms with E-state index < -0.39 is 0 Å². The third kappa shape index (κ3) is 1.67. The first-order valence-electron chi connectivity index (χ1n) is 5.87. The normalized spacial score (nSPS) is 18.1. The molecule has 1 aliphatic rings. The van der Waals surface area contributed by atoms with Crippen LogP contribution in [0.5, 0.6) is 0 Å². The van der Waals surface area contributed by atoms with Crippen LogP contribution in [-0.2, 0) is 6.42 Å². The lowest BCUT2D eigenvalue weighted by molar-refractivity contribution is 0.525. The zero-order valence-electron chi connectivity index (χ0n) is 9.95. The molecule has 18 heavy (non-hydrogen) atoms. The van der Waals surface area contributed by atoms with Crippen LogP contribution in [0, 0.1) is 6.92 Å². The smallest absolute Gasteiger partial charge is 0.141 e. The van der Waals surface area contributed by atoms with Crippen LogP contribution in [0.3, 0.4) is 0 Å². The van der Waals surface area contributed by atoms with Crippen molar-refractivity contribution in [2.45, 2.75) is 25.8 Å². The van der Waals surface area contributed by atoms with E-state index in [9.17, 15) is 0 Å². The van der Waals surface area contributed by atoms with Gasteiger partial charge >= 0.3 is 0 Å². The predicted octanol–water partition coefficient (Wildman–Crippen LogP) is 3.73. The maximum atomic E-state index is 6.12. The largest absolute Gasteiger partial charge is 0.383 e. The van der Waals surface area contributed by atoms with Crippen molar-refractivity contribution in [1.82, 2.24) is 9.78 Å². The minimum Gasteiger partial charge on any atom is -0.383 e. The van der Waals surface area contributed by atoms with E-state index >= 15 is 0 Å². The average Bonchev–Trinajstić information content (AvgIpc) is 2.88. The molecule has 3 nitrogen and oxygen atoms in total. The van der Waals surface area contributed by atoms with Crippen LogP contribution in [0.15, 0.2) is 22.7 Å². The first-order chi connectivity index (χ1) is 8.59. The highest BCUT2D eigenvalue weighted by molar-refractivity contribution is 9.10. The Balaban J connectivity index is 2.12. The molecule has 94 valence electrons. The highest BCUT2D eigenvalue weighted by atomic mass is 79.9. The second-order valence-electron chi connectivity index (χ2n) is 4.59. The molecule has 0 bridgehead atoms. The maximum absolute atomic E-state index is 6.12. The van der Waals surface area contributed by atoms with Crippen LogP contribution >= 0.6 is 27.5 Å². The molecule has 0 spiro atoms. The van der Waals surface area contributed by atoms with Crippen molar-refractivity contribution in [3.8, 4) is 0 Å². The minimum absolute atomic E-state index is 0.198. The van der Waals surface area contributed by atoms with Crippen molar-refractivity contribution in [1.29, 1.82) is 0 Å².